The number of aliphatic hydroxyl groups is 1. The fourth-order valence-electron chi connectivity index (χ4n) is 3.05. The van der Waals surface area contributed by atoms with Crippen LogP contribution < -0.4 is 18.9 Å². The second-order valence-electron chi connectivity index (χ2n) is 6.09. The van der Waals surface area contributed by atoms with Crippen molar-refractivity contribution in [3.05, 3.63) is 47.9 Å². The van der Waals surface area contributed by atoms with Gasteiger partial charge in [-0.25, -0.2) is 9.97 Å². The van der Waals surface area contributed by atoms with E-state index in [0.29, 0.717) is 45.2 Å². The van der Waals surface area contributed by atoms with Crippen LogP contribution in [0.1, 0.15) is 18.2 Å². The van der Waals surface area contributed by atoms with Gasteiger partial charge in [-0.05, 0) is 30.7 Å². The molecule has 3 rings (SSSR count). The molecule has 1 heterocycles. The number of rotatable bonds is 6. The summed E-state index contributed by atoms with van der Waals surface area (Å²) in [6.45, 7) is 1.67. The van der Waals surface area contributed by atoms with E-state index in [9.17, 15) is 5.11 Å². The van der Waals surface area contributed by atoms with Gasteiger partial charge in [0.15, 0.2) is 23.0 Å². The number of hydrogen-bond donors (Lipinski definition) is 1. The highest BCUT2D eigenvalue weighted by Gasteiger charge is 2.31. The van der Waals surface area contributed by atoms with Crippen LogP contribution >= 0.6 is 0 Å². The molecular formula is C20H22N2O5. The van der Waals surface area contributed by atoms with E-state index in [1.807, 2.05) is 0 Å². The van der Waals surface area contributed by atoms with Crippen LogP contribution in [0.25, 0.3) is 10.9 Å². The molecule has 7 heteroatoms. The monoisotopic (exact) mass is 370 g/mol. The quantitative estimate of drug-likeness (QED) is 0.714. The van der Waals surface area contributed by atoms with Crippen LogP contribution in [0.4, 0.5) is 0 Å². The lowest BCUT2D eigenvalue weighted by molar-refractivity contribution is 0.0986. The summed E-state index contributed by atoms with van der Waals surface area (Å²) in [5.41, 5.74) is 0.286. The molecule has 0 amide bonds. The van der Waals surface area contributed by atoms with Crippen LogP contribution in [0, 0.1) is 0 Å². The molecule has 0 radical (unpaired) electrons. The topological polar surface area (TPSA) is 82.9 Å². The van der Waals surface area contributed by atoms with Crippen LogP contribution in [0.5, 0.6) is 23.0 Å². The fourth-order valence-corrected chi connectivity index (χ4v) is 3.05. The van der Waals surface area contributed by atoms with E-state index < -0.39 is 5.60 Å². The number of ether oxygens (including phenoxy) is 4. The highest BCUT2D eigenvalue weighted by molar-refractivity contribution is 5.85. The highest BCUT2D eigenvalue weighted by Crippen LogP contribution is 2.39. The van der Waals surface area contributed by atoms with Crippen LogP contribution in [0.3, 0.4) is 0 Å². The molecule has 2 aromatic carbocycles. The Morgan fingerprint density at radius 2 is 1.37 bits per heavy atom. The zero-order valence-electron chi connectivity index (χ0n) is 15.9. The zero-order chi connectivity index (χ0) is 19.6. The smallest absolute Gasteiger partial charge is 0.162 e. The lowest BCUT2D eigenvalue weighted by Gasteiger charge is -2.25. The Balaban J connectivity index is 2.21. The summed E-state index contributed by atoms with van der Waals surface area (Å²) in [5.74, 6) is 2.19. The molecule has 0 saturated heterocycles. The average Bonchev–Trinajstić information content (AvgIpc) is 2.71. The van der Waals surface area contributed by atoms with E-state index in [0.717, 1.165) is 0 Å². The number of benzene rings is 2. The number of methoxy groups -OCH3 is 4. The molecular weight excluding hydrogens is 348 g/mol. The van der Waals surface area contributed by atoms with Gasteiger partial charge in [0.1, 0.15) is 11.9 Å². The average molecular weight is 370 g/mol. The minimum atomic E-state index is -1.40. The van der Waals surface area contributed by atoms with Gasteiger partial charge in [0, 0.05) is 11.5 Å². The lowest BCUT2D eigenvalue weighted by atomic mass is 9.89. The number of fused-ring (bicyclic) bond motifs is 1. The highest BCUT2D eigenvalue weighted by atomic mass is 16.5. The summed E-state index contributed by atoms with van der Waals surface area (Å²) in [6.07, 6.45) is 1.42. The molecule has 0 aliphatic heterocycles. The first kappa shape index (κ1) is 18.7. The van der Waals surface area contributed by atoms with Gasteiger partial charge in [-0.2, -0.15) is 0 Å². The van der Waals surface area contributed by atoms with Crippen molar-refractivity contribution in [1.29, 1.82) is 0 Å². The first-order chi connectivity index (χ1) is 13.0. The first-order valence-electron chi connectivity index (χ1n) is 8.28. The van der Waals surface area contributed by atoms with Gasteiger partial charge in [-0.1, -0.05) is 6.07 Å². The first-order valence-corrected chi connectivity index (χ1v) is 8.28. The molecule has 1 atom stereocenters. The largest absolute Gasteiger partial charge is 0.493 e. The predicted octanol–water partition coefficient (Wildman–Crippen LogP) is 2.92. The molecule has 27 heavy (non-hydrogen) atoms. The minimum Gasteiger partial charge on any atom is -0.493 e. The van der Waals surface area contributed by atoms with Crippen molar-refractivity contribution in [3.8, 4) is 23.0 Å². The third-order valence-electron chi connectivity index (χ3n) is 4.55. The van der Waals surface area contributed by atoms with Crippen molar-refractivity contribution in [3.63, 3.8) is 0 Å². The van der Waals surface area contributed by atoms with Crippen LogP contribution in [0.15, 0.2) is 36.7 Å². The summed E-state index contributed by atoms with van der Waals surface area (Å²) < 4.78 is 21.3. The van der Waals surface area contributed by atoms with E-state index in [-0.39, 0.29) is 0 Å². The molecule has 0 spiro atoms. The summed E-state index contributed by atoms with van der Waals surface area (Å²) in [6, 6.07) is 8.77. The fraction of sp³-hybridized carbons (Fsp3) is 0.300. The summed E-state index contributed by atoms with van der Waals surface area (Å²) in [4.78, 5) is 8.65. The molecule has 0 bridgehead atoms. The van der Waals surface area contributed by atoms with E-state index in [4.69, 9.17) is 18.9 Å². The standard InChI is InChI=1S/C20H22N2O5/c1-20(23,12-6-7-15(24-2)16(8-12)25-3)19-13-9-17(26-4)18(27-5)10-14(13)21-11-22-19/h6-11,23H,1-5H3. The van der Waals surface area contributed by atoms with E-state index in [1.54, 1.807) is 65.7 Å². The van der Waals surface area contributed by atoms with Crippen molar-refractivity contribution in [2.45, 2.75) is 12.5 Å². The maximum Gasteiger partial charge on any atom is 0.162 e. The molecule has 1 unspecified atom stereocenters. The van der Waals surface area contributed by atoms with Gasteiger partial charge < -0.3 is 24.1 Å². The Morgan fingerprint density at radius 3 is 2.00 bits per heavy atom. The molecule has 0 saturated carbocycles. The maximum absolute atomic E-state index is 11.4. The maximum atomic E-state index is 11.4. The van der Waals surface area contributed by atoms with Gasteiger partial charge >= 0.3 is 0 Å². The molecule has 3 aromatic rings. The van der Waals surface area contributed by atoms with Gasteiger partial charge in [0.25, 0.3) is 0 Å². The normalized spacial score (nSPS) is 13.1. The third-order valence-corrected chi connectivity index (χ3v) is 4.55. The Labute approximate surface area is 157 Å². The molecule has 1 aromatic heterocycles. The molecule has 0 aliphatic carbocycles. The van der Waals surface area contributed by atoms with E-state index in [1.165, 1.54) is 6.33 Å². The lowest BCUT2D eigenvalue weighted by Crippen LogP contribution is -2.25. The molecule has 1 N–H and O–H groups in total. The summed E-state index contributed by atoms with van der Waals surface area (Å²) in [5, 5.41) is 12.0. The number of nitrogens with zero attached hydrogens (tertiary/aromatic N) is 2. The van der Waals surface area contributed by atoms with E-state index >= 15 is 0 Å². The van der Waals surface area contributed by atoms with Crippen molar-refractivity contribution >= 4 is 10.9 Å². The predicted molar refractivity (Wildman–Crippen MR) is 101 cm³/mol. The minimum absolute atomic E-state index is 0.445. The van der Waals surface area contributed by atoms with Crippen molar-refractivity contribution < 1.29 is 24.1 Å². The molecule has 0 fully saturated rings. The van der Waals surface area contributed by atoms with Crippen LogP contribution in [-0.2, 0) is 5.60 Å². The molecule has 0 aliphatic rings. The summed E-state index contributed by atoms with van der Waals surface area (Å²) >= 11 is 0. The van der Waals surface area contributed by atoms with Crippen molar-refractivity contribution in [2.24, 2.45) is 0 Å². The van der Waals surface area contributed by atoms with Gasteiger partial charge in [0.05, 0.1) is 39.6 Å². The van der Waals surface area contributed by atoms with Gasteiger partial charge in [-0.3, -0.25) is 0 Å². The van der Waals surface area contributed by atoms with Crippen LogP contribution in [-0.4, -0.2) is 43.5 Å². The van der Waals surface area contributed by atoms with Gasteiger partial charge in [0.2, 0.25) is 0 Å². The summed E-state index contributed by atoms with van der Waals surface area (Å²) in [7, 11) is 6.23. The zero-order valence-corrected chi connectivity index (χ0v) is 15.9. The van der Waals surface area contributed by atoms with Crippen LogP contribution in [0.2, 0.25) is 0 Å². The van der Waals surface area contributed by atoms with E-state index in [2.05, 4.69) is 9.97 Å². The third kappa shape index (κ3) is 3.21. The SMILES string of the molecule is COc1ccc(C(C)(O)c2ncnc3cc(OC)c(OC)cc23)cc1OC. The number of aromatic nitrogens is 2. The molecule has 142 valence electrons. The Hall–Kier alpha value is -3.06. The Bertz CT molecular complexity index is 972. The van der Waals surface area contributed by atoms with Gasteiger partial charge in [-0.15, -0.1) is 0 Å². The van der Waals surface area contributed by atoms with Crippen molar-refractivity contribution in [2.75, 3.05) is 28.4 Å². The second-order valence-corrected chi connectivity index (χ2v) is 6.09. The number of hydrogen-bond acceptors (Lipinski definition) is 7. The Kier molecular flexibility index (Phi) is 5.05. The molecule has 7 nitrogen and oxygen atoms in total. The second kappa shape index (κ2) is 7.28. The Morgan fingerprint density at radius 1 is 0.778 bits per heavy atom. The van der Waals surface area contributed by atoms with Crippen molar-refractivity contribution in [1.82, 2.24) is 9.97 Å².